The predicted molar refractivity (Wildman–Crippen MR) is 57.4 cm³/mol. The van der Waals surface area contributed by atoms with Crippen LogP contribution in [0.5, 0.6) is 0 Å². The van der Waals surface area contributed by atoms with E-state index in [0.29, 0.717) is 0 Å². The molecule has 0 aliphatic carbocycles. The monoisotopic (exact) mass is 294 g/mol. The molecule has 0 bridgehead atoms. The molecule has 0 aliphatic heterocycles. The molecule has 100 valence electrons. The Morgan fingerprint density at radius 2 is 1.68 bits per heavy atom. The SMILES string of the molecule is Fc1ccc(F)c(-c2cc(Cl)nc(C(F)(F)F)n2)c1. The lowest BCUT2D eigenvalue weighted by Gasteiger charge is -2.08. The summed E-state index contributed by atoms with van der Waals surface area (Å²) in [6, 6.07) is 3.28. The van der Waals surface area contributed by atoms with E-state index in [2.05, 4.69) is 9.97 Å². The minimum Gasteiger partial charge on any atom is -0.224 e. The van der Waals surface area contributed by atoms with Crippen molar-refractivity contribution in [3.8, 4) is 11.3 Å². The van der Waals surface area contributed by atoms with Crippen molar-refractivity contribution in [2.24, 2.45) is 0 Å². The third-order valence-corrected chi connectivity index (χ3v) is 2.35. The van der Waals surface area contributed by atoms with Gasteiger partial charge in [0.25, 0.3) is 0 Å². The molecule has 1 aromatic carbocycles. The van der Waals surface area contributed by atoms with E-state index < -0.39 is 40.0 Å². The largest absolute Gasteiger partial charge is 0.451 e. The summed E-state index contributed by atoms with van der Waals surface area (Å²) in [6.07, 6.45) is -4.83. The number of halogens is 6. The van der Waals surface area contributed by atoms with Crippen LogP contribution in [0.15, 0.2) is 24.3 Å². The van der Waals surface area contributed by atoms with Crippen molar-refractivity contribution < 1.29 is 22.0 Å². The Hall–Kier alpha value is -1.76. The summed E-state index contributed by atoms with van der Waals surface area (Å²) in [7, 11) is 0. The predicted octanol–water partition coefficient (Wildman–Crippen LogP) is 4.09. The molecule has 8 heteroatoms. The normalized spacial score (nSPS) is 11.7. The smallest absolute Gasteiger partial charge is 0.224 e. The maximum Gasteiger partial charge on any atom is 0.451 e. The number of alkyl halides is 3. The molecule has 0 spiro atoms. The maximum atomic E-state index is 13.5. The van der Waals surface area contributed by atoms with Gasteiger partial charge >= 0.3 is 6.18 Å². The average molecular weight is 295 g/mol. The van der Waals surface area contributed by atoms with Gasteiger partial charge in [-0.05, 0) is 18.2 Å². The van der Waals surface area contributed by atoms with E-state index in [-0.39, 0.29) is 0 Å². The fourth-order valence-corrected chi connectivity index (χ4v) is 1.56. The number of hydrogen-bond acceptors (Lipinski definition) is 2. The van der Waals surface area contributed by atoms with E-state index in [4.69, 9.17) is 11.6 Å². The molecule has 2 nitrogen and oxygen atoms in total. The first-order valence-electron chi connectivity index (χ1n) is 4.84. The highest BCUT2D eigenvalue weighted by molar-refractivity contribution is 6.29. The van der Waals surface area contributed by atoms with Crippen LogP contribution in [0.2, 0.25) is 5.15 Å². The molecule has 0 atom stereocenters. The second-order valence-corrected chi connectivity index (χ2v) is 3.91. The van der Waals surface area contributed by atoms with Gasteiger partial charge in [0.2, 0.25) is 5.82 Å². The quantitative estimate of drug-likeness (QED) is 0.585. The van der Waals surface area contributed by atoms with Gasteiger partial charge in [0.15, 0.2) is 0 Å². The standard InChI is InChI=1S/C11H4ClF5N2/c12-9-4-8(18-10(19-9)11(15,16)17)6-3-5(13)1-2-7(6)14/h1-4H. The molecular weight excluding hydrogens is 291 g/mol. The summed E-state index contributed by atoms with van der Waals surface area (Å²) in [6.45, 7) is 0. The molecule has 0 N–H and O–H groups in total. The molecule has 0 saturated carbocycles. The number of hydrogen-bond donors (Lipinski definition) is 0. The molecule has 19 heavy (non-hydrogen) atoms. The van der Waals surface area contributed by atoms with Gasteiger partial charge in [-0.1, -0.05) is 11.6 Å². The minimum atomic E-state index is -4.83. The molecular formula is C11H4ClF5N2. The summed E-state index contributed by atoms with van der Waals surface area (Å²) in [5.74, 6) is -3.23. The van der Waals surface area contributed by atoms with E-state index in [1.165, 1.54) is 0 Å². The van der Waals surface area contributed by atoms with Crippen LogP contribution in [0.3, 0.4) is 0 Å². The van der Waals surface area contributed by atoms with Crippen LogP contribution in [0.25, 0.3) is 11.3 Å². The van der Waals surface area contributed by atoms with Crippen LogP contribution in [-0.4, -0.2) is 9.97 Å². The number of rotatable bonds is 1. The van der Waals surface area contributed by atoms with Crippen molar-refractivity contribution in [2.75, 3.05) is 0 Å². The fraction of sp³-hybridized carbons (Fsp3) is 0.0909. The topological polar surface area (TPSA) is 25.8 Å². The van der Waals surface area contributed by atoms with E-state index in [1.807, 2.05) is 0 Å². The lowest BCUT2D eigenvalue weighted by molar-refractivity contribution is -0.144. The Kier molecular flexibility index (Phi) is 3.40. The van der Waals surface area contributed by atoms with E-state index in [9.17, 15) is 22.0 Å². The summed E-state index contributed by atoms with van der Waals surface area (Å²) >= 11 is 5.43. The number of benzene rings is 1. The molecule has 0 aliphatic rings. The minimum absolute atomic E-state index is 0.421. The zero-order chi connectivity index (χ0) is 14.2. The molecule has 2 aromatic rings. The van der Waals surface area contributed by atoms with Crippen molar-refractivity contribution in [1.29, 1.82) is 0 Å². The third kappa shape index (κ3) is 2.98. The van der Waals surface area contributed by atoms with Crippen LogP contribution in [0.1, 0.15) is 5.82 Å². The molecule has 0 saturated heterocycles. The van der Waals surface area contributed by atoms with E-state index >= 15 is 0 Å². The zero-order valence-corrected chi connectivity index (χ0v) is 9.73. The van der Waals surface area contributed by atoms with Crippen molar-refractivity contribution in [1.82, 2.24) is 9.97 Å². The van der Waals surface area contributed by atoms with Crippen molar-refractivity contribution in [3.05, 3.63) is 46.9 Å². The van der Waals surface area contributed by atoms with Gasteiger partial charge in [0.1, 0.15) is 16.8 Å². The lowest BCUT2D eigenvalue weighted by Crippen LogP contribution is -2.11. The van der Waals surface area contributed by atoms with Crippen LogP contribution >= 0.6 is 11.6 Å². The highest BCUT2D eigenvalue weighted by Crippen LogP contribution is 2.30. The Morgan fingerprint density at radius 3 is 2.32 bits per heavy atom. The number of nitrogens with zero attached hydrogens (tertiary/aromatic N) is 2. The van der Waals surface area contributed by atoms with Crippen molar-refractivity contribution in [3.63, 3.8) is 0 Å². The first-order chi connectivity index (χ1) is 8.77. The third-order valence-electron chi connectivity index (χ3n) is 2.15. The molecule has 2 rings (SSSR count). The zero-order valence-electron chi connectivity index (χ0n) is 8.97. The van der Waals surface area contributed by atoms with Crippen molar-refractivity contribution >= 4 is 11.6 Å². The number of aromatic nitrogens is 2. The summed E-state index contributed by atoms with van der Waals surface area (Å²) in [5, 5.41) is -0.513. The molecule has 0 amide bonds. The van der Waals surface area contributed by atoms with Gasteiger partial charge in [0.05, 0.1) is 5.69 Å². The average Bonchev–Trinajstić information content (AvgIpc) is 2.30. The Morgan fingerprint density at radius 1 is 1.00 bits per heavy atom. The first kappa shape index (κ1) is 13.7. The maximum absolute atomic E-state index is 13.5. The lowest BCUT2D eigenvalue weighted by atomic mass is 10.1. The van der Waals surface area contributed by atoms with Gasteiger partial charge in [0, 0.05) is 11.6 Å². The Bertz CT molecular complexity index is 627. The van der Waals surface area contributed by atoms with Gasteiger partial charge in [-0.15, -0.1) is 0 Å². The van der Waals surface area contributed by atoms with Crippen LogP contribution < -0.4 is 0 Å². The molecule has 0 unspecified atom stereocenters. The van der Waals surface area contributed by atoms with Gasteiger partial charge in [-0.25, -0.2) is 18.7 Å². The summed E-state index contributed by atoms with van der Waals surface area (Å²) < 4.78 is 63.9. The summed E-state index contributed by atoms with van der Waals surface area (Å²) in [4.78, 5) is 6.15. The molecule has 1 aromatic heterocycles. The highest BCUT2D eigenvalue weighted by Gasteiger charge is 2.35. The van der Waals surface area contributed by atoms with Gasteiger partial charge in [-0.2, -0.15) is 13.2 Å². The Labute approximate surface area is 108 Å². The second kappa shape index (κ2) is 4.73. The van der Waals surface area contributed by atoms with E-state index in [0.717, 1.165) is 24.3 Å². The molecule has 1 heterocycles. The van der Waals surface area contributed by atoms with Crippen LogP contribution in [0.4, 0.5) is 22.0 Å². The highest BCUT2D eigenvalue weighted by atomic mass is 35.5. The Balaban J connectivity index is 2.63. The van der Waals surface area contributed by atoms with Crippen LogP contribution in [0, 0.1) is 11.6 Å². The fourth-order valence-electron chi connectivity index (χ4n) is 1.38. The van der Waals surface area contributed by atoms with Gasteiger partial charge < -0.3 is 0 Å². The molecule has 0 radical (unpaired) electrons. The summed E-state index contributed by atoms with van der Waals surface area (Å²) in [5.41, 5.74) is -0.862. The van der Waals surface area contributed by atoms with Crippen molar-refractivity contribution in [2.45, 2.75) is 6.18 Å². The van der Waals surface area contributed by atoms with Crippen LogP contribution in [-0.2, 0) is 6.18 Å². The van der Waals surface area contributed by atoms with E-state index in [1.54, 1.807) is 0 Å². The molecule has 0 fully saturated rings. The first-order valence-corrected chi connectivity index (χ1v) is 5.22. The van der Waals surface area contributed by atoms with Gasteiger partial charge in [-0.3, -0.25) is 0 Å². The second-order valence-electron chi connectivity index (χ2n) is 3.52.